The lowest BCUT2D eigenvalue weighted by molar-refractivity contribution is -0.482. The highest BCUT2D eigenvalue weighted by Gasteiger charge is 2.22. The SMILES string of the molecule is C#CC(=CC=CCC)CCC(C)C(C)[N+](=C)c1ccc(C)cc1. The standard InChI is InChI=1S/C22H30N/c1-7-9-10-11-21(8-2)15-14-19(4)20(5)23(6)22-16-12-18(3)13-17-22/h2,9-13,16-17,19-20H,6-7,14-15H2,1,3-5H3/q+1. The van der Waals surface area contributed by atoms with Crippen molar-refractivity contribution in [2.45, 2.75) is 53.0 Å². The molecule has 0 bridgehead atoms. The largest absolute Gasteiger partial charge is 0.204 e. The fourth-order valence-electron chi connectivity index (χ4n) is 2.43. The molecule has 0 saturated heterocycles. The molecule has 2 unspecified atom stereocenters. The number of nitrogens with zero attached hydrogens (tertiary/aromatic N) is 1. The van der Waals surface area contributed by atoms with Gasteiger partial charge < -0.3 is 0 Å². The fourth-order valence-corrected chi connectivity index (χ4v) is 2.43. The summed E-state index contributed by atoms with van der Waals surface area (Å²) in [4.78, 5) is 0. The highest BCUT2D eigenvalue weighted by Crippen LogP contribution is 2.22. The maximum Gasteiger partial charge on any atom is 0.204 e. The van der Waals surface area contributed by atoms with Gasteiger partial charge in [-0.25, -0.2) is 4.58 Å². The number of benzene rings is 1. The van der Waals surface area contributed by atoms with Crippen LogP contribution in [0, 0.1) is 25.2 Å². The molecule has 0 spiro atoms. The topological polar surface area (TPSA) is 3.01 Å². The third-order valence-corrected chi connectivity index (χ3v) is 4.40. The van der Waals surface area contributed by atoms with E-state index >= 15 is 0 Å². The fraction of sp³-hybridized carbons (Fsp3) is 0.409. The van der Waals surface area contributed by atoms with E-state index < -0.39 is 0 Å². The van der Waals surface area contributed by atoms with Crippen LogP contribution in [0.25, 0.3) is 0 Å². The average molecular weight is 308 g/mol. The van der Waals surface area contributed by atoms with Gasteiger partial charge in [-0.2, -0.15) is 0 Å². The highest BCUT2D eigenvalue weighted by atomic mass is 15.0. The van der Waals surface area contributed by atoms with E-state index in [2.05, 4.69) is 87.4 Å². The Morgan fingerprint density at radius 3 is 2.52 bits per heavy atom. The van der Waals surface area contributed by atoms with Crippen molar-refractivity contribution in [3.8, 4) is 12.3 Å². The van der Waals surface area contributed by atoms with Crippen LogP contribution in [0.1, 0.15) is 45.6 Å². The molecule has 0 fully saturated rings. The van der Waals surface area contributed by atoms with E-state index in [0.717, 1.165) is 30.5 Å². The van der Waals surface area contributed by atoms with E-state index in [1.807, 2.05) is 0 Å². The summed E-state index contributed by atoms with van der Waals surface area (Å²) in [5, 5.41) is 0. The molecule has 0 aliphatic heterocycles. The number of hydrogen-bond donors (Lipinski definition) is 0. The molecule has 1 heteroatoms. The molecule has 23 heavy (non-hydrogen) atoms. The van der Waals surface area contributed by atoms with Crippen LogP contribution in [0.5, 0.6) is 0 Å². The first-order valence-electron chi connectivity index (χ1n) is 8.48. The normalized spacial score (nSPS) is 14.5. The quantitative estimate of drug-likeness (QED) is 0.252. The number of aryl methyl sites for hydroxylation is 1. The van der Waals surface area contributed by atoms with Crippen LogP contribution < -0.4 is 0 Å². The van der Waals surface area contributed by atoms with Crippen molar-refractivity contribution in [3.63, 3.8) is 0 Å². The van der Waals surface area contributed by atoms with Crippen molar-refractivity contribution in [2.75, 3.05) is 0 Å². The van der Waals surface area contributed by atoms with Gasteiger partial charge in [0.15, 0.2) is 6.04 Å². The second-order valence-corrected chi connectivity index (χ2v) is 6.23. The van der Waals surface area contributed by atoms with Crippen molar-refractivity contribution >= 4 is 12.4 Å². The Balaban J connectivity index is 2.62. The Morgan fingerprint density at radius 1 is 1.30 bits per heavy atom. The molecule has 0 amide bonds. The molecule has 0 aliphatic rings. The van der Waals surface area contributed by atoms with Crippen molar-refractivity contribution in [2.24, 2.45) is 5.92 Å². The Morgan fingerprint density at radius 2 is 1.96 bits per heavy atom. The number of rotatable bonds is 8. The predicted molar refractivity (Wildman–Crippen MR) is 102 cm³/mol. The summed E-state index contributed by atoms with van der Waals surface area (Å²) in [6.45, 7) is 13.0. The van der Waals surface area contributed by atoms with E-state index in [4.69, 9.17) is 6.42 Å². The summed E-state index contributed by atoms with van der Waals surface area (Å²) in [5.74, 6) is 3.32. The van der Waals surface area contributed by atoms with Crippen molar-refractivity contribution in [3.05, 3.63) is 53.6 Å². The first-order chi connectivity index (χ1) is 11.0. The molecule has 2 atom stereocenters. The van der Waals surface area contributed by atoms with Gasteiger partial charge in [-0.3, -0.25) is 0 Å². The average Bonchev–Trinajstić information content (AvgIpc) is 2.57. The zero-order chi connectivity index (χ0) is 17.2. The Hall–Kier alpha value is -2.07. The van der Waals surface area contributed by atoms with Gasteiger partial charge in [0.1, 0.15) is 6.72 Å². The lowest BCUT2D eigenvalue weighted by atomic mass is 9.94. The van der Waals surface area contributed by atoms with Crippen molar-refractivity contribution in [1.82, 2.24) is 0 Å². The number of hydrogen-bond acceptors (Lipinski definition) is 0. The lowest BCUT2D eigenvalue weighted by Gasteiger charge is -2.17. The van der Waals surface area contributed by atoms with Gasteiger partial charge in [-0.15, -0.1) is 6.42 Å². The predicted octanol–water partition coefficient (Wildman–Crippen LogP) is 5.67. The van der Waals surface area contributed by atoms with Gasteiger partial charge in [0, 0.05) is 23.6 Å². The minimum Gasteiger partial charge on any atom is -0.203 e. The van der Waals surface area contributed by atoms with E-state index in [1.165, 1.54) is 5.56 Å². The first-order valence-corrected chi connectivity index (χ1v) is 8.48. The van der Waals surface area contributed by atoms with Crippen LogP contribution in [0.2, 0.25) is 0 Å². The molecule has 1 aromatic carbocycles. The summed E-state index contributed by atoms with van der Waals surface area (Å²) in [7, 11) is 0. The number of allylic oxidation sites excluding steroid dienone is 4. The summed E-state index contributed by atoms with van der Waals surface area (Å²) in [5.41, 5.74) is 3.50. The molecule has 0 N–H and O–H groups in total. The highest BCUT2D eigenvalue weighted by molar-refractivity contribution is 5.36. The molecule has 122 valence electrons. The minimum absolute atomic E-state index is 0.364. The molecule has 0 radical (unpaired) electrons. The molecule has 0 aromatic heterocycles. The molecule has 1 nitrogen and oxygen atoms in total. The summed E-state index contributed by atoms with van der Waals surface area (Å²) in [6.07, 6.45) is 14.9. The summed E-state index contributed by atoms with van der Waals surface area (Å²) in [6, 6.07) is 8.89. The van der Waals surface area contributed by atoms with Crippen LogP contribution in [0.4, 0.5) is 5.69 Å². The molecular formula is C22H30N+. The van der Waals surface area contributed by atoms with Crippen molar-refractivity contribution < 1.29 is 4.58 Å². The summed E-state index contributed by atoms with van der Waals surface area (Å²) < 4.78 is 2.11. The van der Waals surface area contributed by atoms with E-state index in [9.17, 15) is 0 Å². The molecule has 0 heterocycles. The zero-order valence-electron chi connectivity index (χ0n) is 15.0. The van der Waals surface area contributed by atoms with Gasteiger partial charge in [-0.05, 0) is 33.1 Å². The van der Waals surface area contributed by atoms with Crippen LogP contribution >= 0.6 is 0 Å². The molecule has 1 aromatic rings. The Bertz CT molecular complexity index is 596. The van der Waals surface area contributed by atoms with Crippen LogP contribution in [-0.2, 0) is 0 Å². The van der Waals surface area contributed by atoms with Gasteiger partial charge in [0.2, 0.25) is 5.69 Å². The Kier molecular flexibility index (Phi) is 8.13. The van der Waals surface area contributed by atoms with E-state index in [1.54, 1.807) is 0 Å². The van der Waals surface area contributed by atoms with Gasteiger partial charge >= 0.3 is 0 Å². The van der Waals surface area contributed by atoms with Crippen LogP contribution in [-0.4, -0.2) is 17.3 Å². The summed E-state index contributed by atoms with van der Waals surface area (Å²) >= 11 is 0. The smallest absolute Gasteiger partial charge is 0.203 e. The second-order valence-electron chi connectivity index (χ2n) is 6.23. The number of terminal acetylenes is 1. The zero-order valence-corrected chi connectivity index (χ0v) is 15.0. The van der Waals surface area contributed by atoms with Gasteiger partial charge in [0.25, 0.3) is 0 Å². The molecule has 0 saturated carbocycles. The molecular weight excluding hydrogens is 278 g/mol. The monoisotopic (exact) mass is 308 g/mol. The third-order valence-electron chi connectivity index (χ3n) is 4.40. The van der Waals surface area contributed by atoms with E-state index in [0.29, 0.717) is 12.0 Å². The molecule has 0 aliphatic carbocycles. The third kappa shape index (κ3) is 6.28. The Labute approximate surface area is 142 Å². The van der Waals surface area contributed by atoms with Crippen molar-refractivity contribution in [1.29, 1.82) is 0 Å². The first kappa shape index (κ1) is 19.0. The second kappa shape index (κ2) is 9.85. The van der Waals surface area contributed by atoms with Gasteiger partial charge in [0.05, 0.1) is 0 Å². The lowest BCUT2D eigenvalue weighted by Crippen LogP contribution is -2.25. The maximum absolute atomic E-state index is 5.61. The minimum atomic E-state index is 0.364. The van der Waals surface area contributed by atoms with Crippen LogP contribution in [0.15, 0.2) is 48.1 Å². The maximum atomic E-state index is 5.61. The molecule has 1 rings (SSSR count). The van der Waals surface area contributed by atoms with Gasteiger partial charge in [-0.1, -0.05) is 55.7 Å². The van der Waals surface area contributed by atoms with E-state index in [-0.39, 0.29) is 0 Å². The van der Waals surface area contributed by atoms with Crippen LogP contribution in [0.3, 0.4) is 0 Å².